The molecule has 0 aliphatic carbocycles. The van der Waals surface area contributed by atoms with Crippen molar-refractivity contribution >= 4 is 22.4 Å². The Labute approximate surface area is 159 Å². The molecule has 0 aliphatic rings. The summed E-state index contributed by atoms with van der Waals surface area (Å²) in [5.41, 5.74) is 1.72. The average Bonchev–Trinajstić information content (AvgIpc) is 3.39. The van der Waals surface area contributed by atoms with Crippen LogP contribution < -0.4 is 4.90 Å². The van der Waals surface area contributed by atoms with Crippen LogP contribution in [0.4, 0.5) is 9.52 Å². The predicted molar refractivity (Wildman–Crippen MR) is 103 cm³/mol. The molecule has 6 heteroatoms. The van der Waals surface area contributed by atoms with Gasteiger partial charge in [-0.25, -0.2) is 9.37 Å². The second-order valence-electron chi connectivity index (χ2n) is 5.83. The number of benzene rings is 2. The van der Waals surface area contributed by atoms with Crippen molar-refractivity contribution in [3.63, 3.8) is 0 Å². The Balaban J connectivity index is 1.71. The third-order valence-electron chi connectivity index (χ3n) is 4.04. The first kappa shape index (κ1) is 17.2. The van der Waals surface area contributed by atoms with Gasteiger partial charge in [0.25, 0.3) is 5.91 Å². The second kappa shape index (κ2) is 7.55. The molecule has 134 valence electrons. The summed E-state index contributed by atoms with van der Waals surface area (Å²) < 4.78 is 19.6. The van der Waals surface area contributed by atoms with E-state index in [1.807, 2.05) is 35.7 Å². The van der Waals surface area contributed by atoms with Gasteiger partial charge in [0.1, 0.15) is 11.6 Å². The fraction of sp³-hybridized carbons (Fsp3) is 0.0476. The monoisotopic (exact) mass is 378 g/mol. The van der Waals surface area contributed by atoms with E-state index in [9.17, 15) is 9.18 Å². The van der Waals surface area contributed by atoms with Gasteiger partial charge >= 0.3 is 0 Å². The molecule has 0 atom stereocenters. The van der Waals surface area contributed by atoms with E-state index in [0.717, 1.165) is 11.3 Å². The van der Waals surface area contributed by atoms with Gasteiger partial charge in [-0.1, -0.05) is 42.5 Å². The standard InChI is InChI=1S/C21H15FN2O2S/c22-18-11-5-4-10-17(18)20(25)24(13-16-9-6-12-26-16)21-23-19(14-27-21)15-7-2-1-3-8-15/h1-12,14H,13H2. The number of hydrogen-bond donors (Lipinski definition) is 0. The first-order valence-corrected chi connectivity index (χ1v) is 9.20. The van der Waals surface area contributed by atoms with Gasteiger partial charge in [0.05, 0.1) is 24.1 Å². The van der Waals surface area contributed by atoms with Crippen molar-refractivity contribution < 1.29 is 13.6 Å². The molecule has 0 N–H and O–H groups in total. The topological polar surface area (TPSA) is 46.3 Å². The van der Waals surface area contributed by atoms with E-state index in [0.29, 0.717) is 10.9 Å². The fourth-order valence-corrected chi connectivity index (χ4v) is 3.53. The summed E-state index contributed by atoms with van der Waals surface area (Å²) in [4.78, 5) is 19.1. The first-order chi connectivity index (χ1) is 13.2. The summed E-state index contributed by atoms with van der Waals surface area (Å²) in [5, 5.41) is 2.37. The summed E-state index contributed by atoms with van der Waals surface area (Å²) in [5.74, 6) is -0.429. The molecule has 2 aromatic heterocycles. The minimum Gasteiger partial charge on any atom is -0.467 e. The Morgan fingerprint density at radius 2 is 1.81 bits per heavy atom. The van der Waals surface area contributed by atoms with Gasteiger partial charge in [0.15, 0.2) is 5.13 Å². The van der Waals surface area contributed by atoms with Crippen LogP contribution >= 0.6 is 11.3 Å². The minimum absolute atomic E-state index is 0.000479. The number of aromatic nitrogens is 1. The quantitative estimate of drug-likeness (QED) is 0.468. The summed E-state index contributed by atoms with van der Waals surface area (Å²) >= 11 is 1.33. The average molecular weight is 378 g/mol. The van der Waals surface area contributed by atoms with Crippen molar-refractivity contribution in [3.05, 3.63) is 95.5 Å². The molecule has 0 spiro atoms. The van der Waals surface area contributed by atoms with E-state index >= 15 is 0 Å². The highest BCUT2D eigenvalue weighted by Crippen LogP contribution is 2.30. The molecular weight excluding hydrogens is 363 g/mol. The number of hydrogen-bond acceptors (Lipinski definition) is 4. The van der Waals surface area contributed by atoms with Crippen LogP contribution in [0, 0.1) is 5.82 Å². The maximum atomic E-state index is 14.2. The Kier molecular flexibility index (Phi) is 4.80. The molecule has 0 fully saturated rings. The van der Waals surface area contributed by atoms with E-state index < -0.39 is 11.7 Å². The molecule has 0 radical (unpaired) electrons. The van der Waals surface area contributed by atoms with Gasteiger partial charge in [-0.2, -0.15) is 0 Å². The predicted octanol–water partition coefficient (Wildman–Crippen LogP) is 5.39. The van der Waals surface area contributed by atoms with Gasteiger partial charge in [-0.15, -0.1) is 11.3 Å². The van der Waals surface area contributed by atoms with E-state index in [1.54, 1.807) is 30.5 Å². The number of anilines is 1. The summed E-state index contributed by atoms with van der Waals surface area (Å²) in [6, 6.07) is 19.2. The van der Waals surface area contributed by atoms with Crippen LogP contribution in [0.3, 0.4) is 0 Å². The lowest BCUT2D eigenvalue weighted by atomic mass is 10.2. The SMILES string of the molecule is O=C(c1ccccc1F)N(Cc1ccco1)c1nc(-c2ccccc2)cs1. The zero-order valence-electron chi connectivity index (χ0n) is 14.2. The van der Waals surface area contributed by atoms with Gasteiger partial charge in [-0.3, -0.25) is 9.69 Å². The van der Waals surface area contributed by atoms with Crippen molar-refractivity contribution in [2.24, 2.45) is 0 Å². The molecule has 1 amide bonds. The number of carbonyl (C=O) groups excluding carboxylic acids is 1. The van der Waals surface area contributed by atoms with E-state index in [-0.39, 0.29) is 12.1 Å². The number of furan rings is 1. The molecule has 0 saturated heterocycles. The molecule has 2 aromatic carbocycles. The summed E-state index contributed by atoms with van der Waals surface area (Å²) in [6.07, 6.45) is 1.54. The Morgan fingerprint density at radius 3 is 2.56 bits per heavy atom. The molecular formula is C21H15FN2O2S. The number of amides is 1. The molecule has 0 aliphatic heterocycles. The van der Waals surface area contributed by atoms with Crippen molar-refractivity contribution in [1.82, 2.24) is 4.98 Å². The van der Waals surface area contributed by atoms with Gasteiger partial charge < -0.3 is 4.42 Å². The maximum absolute atomic E-state index is 14.2. The molecule has 2 heterocycles. The second-order valence-corrected chi connectivity index (χ2v) is 6.67. The number of thiazole rings is 1. The van der Waals surface area contributed by atoms with Crippen LogP contribution in [-0.4, -0.2) is 10.9 Å². The van der Waals surface area contributed by atoms with E-state index in [2.05, 4.69) is 4.98 Å². The molecule has 4 nitrogen and oxygen atoms in total. The van der Waals surface area contributed by atoms with Crippen molar-refractivity contribution in [2.75, 3.05) is 4.90 Å². The number of rotatable bonds is 5. The summed E-state index contributed by atoms with van der Waals surface area (Å²) in [7, 11) is 0. The van der Waals surface area contributed by atoms with Crippen molar-refractivity contribution in [2.45, 2.75) is 6.54 Å². The van der Waals surface area contributed by atoms with Crippen molar-refractivity contribution in [1.29, 1.82) is 0 Å². The van der Waals surface area contributed by atoms with Crippen LogP contribution in [0.25, 0.3) is 11.3 Å². The highest BCUT2D eigenvalue weighted by Gasteiger charge is 2.24. The first-order valence-electron chi connectivity index (χ1n) is 8.32. The van der Waals surface area contributed by atoms with E-state index in [1.165, 1.54) is 28.4 Å². The Bertz CT molecular complexity index is 1050. The Hall–Kier alpha value is -3.25. The zero-order valence-corrected chi connectivity index (χ0v) is 15.0. The van der Waals surface area contributed by atoms with Gasteiger partial charge in [0.2, 0.25) is 0 Å². The van der Waals surface area contributed by atoms with Crippen LogP contribution in [-0.2, 0) is 6.54 Å². The van der Waals surface area contributed by atoms with Gasteiger partial charge in [-0.05, 0) is 24.3 Å². The Morgan fingerprint density at radius 1 is 1.04 bits per heavy atom. The van der Waals surface area contributed by atoms with E-state index in [4.69, 9.17) is 4.42 Å². The van der Waals surface area contributed by atoms with Crippen LogP contribution in [0.15, 0.2) is 82.8 Å². The lowest BCUT2D eigenvalue weighted by Crippen LogP contribution is -2.30. The normalized spacial score (nSPS) is 10.7. The fourth-order valence-electron chi connectivity index (χ4n) is 2.69. The third-order valence-corrected chi connectivity index (χ3v) is 4.90. The molecule has 27 heavy (non-hydrogen) atoms. The maximum Gasteiger partial charge on any atom is 0.263 e. The van der Waals surface area contributed by atoms with Gasteiger partial charge in [0, 0.05) is 10.9 Å². The highest BCUT2D eigenvalue weighted by atomic mass is 32.1. The van der Waals surface area contributed by atoms with Crippen LogP contribution in [0.2, 0.25) is 0 Å². The zero-order chi connectivity index (χ0) is 18.6. The molecule has 0 saturated carbocycles. The van der Waals surface area contributed by atoms with Crippen LogP contribution in [0.1, 0.15) is 16.1 Å². The molecule has 0 unspecified atom stereocenters. The summed E-state index contributed by atoms with van der Waals surface area (Å²) in [6.45, 7) is 0.169. The number of halogens is 1. The lowest BCUT2D eigenvalue weighted by Gasteiger charge is -2.19. The number of carbonyl (C=O) groups is 1. The largest absolute Gasteiger partial charge is 0.467 e. The lowest BCUT2D eigenvalue weighted by molar-refractivity contribution is 0.0979. The smallest absolute Gasteiger partial charge is 0.263 e. The number of nitrogens with zero attached hydrogens (tertiary/aromatic N) is 2. The third kappa shape index (κ3) is 3.66. The van der Waals surface area contributed by atoms with Crippen LogP contribution in [0.5, 0.6) is 0 Å². The highest BCUT2D eigenvalue weighted by molar-refractivity contribution is 7.14. The molecule has 4 rings (SSSR count). The minimum atomic E-state index is -0.563. The molecule has 0 bridgehead atoms. The van der Waals surface area contributed by atoms with Crippen molar-refractivity contribution in [3.8, 4) is 11.3 Å². The molecule has 4 aromatic rings.